The number of benzene rings is 1. The third-order valence-electron chi connectivity index (χ3n) is 3.04. The summed E-state index contributed by atoms with van der Waals surface area (Å²) in [7, 11) is -2.69. The molecule has 1 amide bonds. The minimum atomic E-state index is -3.99. The van der Waals surface area contributed by atoms with Gasteiger partial charge in [0.05, 0.1) is 6.61 Å². The molecule has 114 valence electrons. The van der Waals surface area contributed by atoms with Crippen LogP contribution >= 0.6 is 11.6 Å². The molecule has 0 spiro atoms. The van der Waals surface area contributed by atoms with Crippen molar-refractivity contribution in [1.82, 2.24) is 9.29 Å². The van der Waals surface area contributed by atoms with E-state index < -0.39 is 15.9 Å². The van der Waals surface area contributed by atoms with Crippen LogP contribution in [0.5, 0.6) is 0 Å². The van der Waals surface area contributed by atoms with Crippen molar-refractivity contribution >= 4 is 38.4 Å². The molecule has 0 unspecified atom stereocenters. The Balaban J connectivity index is 2.79. The molecule has 9 heteroatoms. The highest BCUT2D eigenvalue weighted by Crippen LogP contribution is 2.30. The summed E-state index contributed by atoms with van der Waals surface area (Å²) in [4.78, 5) is 14.0. The maximum atomic E-state index is 12.6. The highest BCUT2D eigenvalue weighted by atomic mass is 35.5. The Labute approximate surface area is 126 Å². The molecule has 0 aliphatic rings. The number of aliphatic hydroxyl groups is 1. The van der Waals surface area contributed by atoms with Gasteiger partial charge >= 0.3 is 0 Å². The molecular formula is C12H14ClN3O4S. The molecule has 21 heavy (non-hydrogen) atoms. The maximum Gasteiger partial charge on any atom is 0.266 e. The third kappa shape index (κ3) is 2.75. The summed E-state index contributed by atoms with van der Waals surface area (Å²) in [6, 6.07) is 4.58. The Hall–Kier alpha value is -1.61. The standard InChI is InChI=1S/C12H14ClN3O4S/c1-16(4-5-17)21(19,20)11-8-6-7(13)2-3-9(8)15-10(11)12(14)18/h2-3,6,15,17H,4-5H2,1H3,(H2,14,18). The van der Waals surface area contributed by atoms with E-state index in [0.717, 1.165) is 4.31 Å². The number of hydrogen-bond donors (Lipinski definition) is 3. The lowest BCUT2D eigenvalue weighted by atomic mass is 10.2. The molecule has 0 radical (unpaired) electrons. The number of primary amides is 1. The summed E-state index contributed by atoms with van der Waals surface area (Å²) in [5, 5.41) is 9.52. The van der Waals surface area contributed by atoms with E-state index >= 15 is 0 Å². The molecule has 1 heterocycles. The van der Waals surface area contributed by atoms with E-state index in [2.05, 4.69) is 4.98 Å². The van der Waals surface area contributed by atoms with Crippen LogP contribution in [0.3, 0.4) is 0 Å². The van der Waals surface area contributed by atoms with Crippen LogP contribution in [-0.4, -0.2) is 48.9 Å². The highest BCUT2D eigenvalue weighted by molar-refractivity contribution is 7.89. The van der Waals surface area contributed by atoms with Gasteiger partial charge in [0.15, 0.2) is 0 Å². The monoisotopic (exact) mass is 331 g/mol. The number of aliphatic hydroxyl groups excluding tert-OH is 1. The number of halogens is 1. The number of hydrogen-bond acceptors (Lipinski definition) is 4. The predicted molar refractivity (Wildman–Crippen MR) is 78.7 cm³/mol. The second kappa shape index (κ2) is 5.64. The first-order valence-corrected chi connectivity index (χ1v) is 7.79. The van der Waals surface area contributed by atoms with Crippen molar-refractivity contribution in [1.29, 1.82) is 0 Å². The third-order valence-corrected chi connectivity index (χ3v) is 5.22. The fourth-order valence-electron chi connectivity index (χ4n) is 2.00. The molecule has 0 aliphatic heterocycles. The van der Waals surface area contributed by atoms with Crippen LogP contribution in [0.4, 0.5) is 0 Å². The van der Waals surface area contributed by atoms with Gasteiger partial charge in [0, 0.05) is 29.5 Å². The minimum absolute atomic E-state index is 0.103. The highest BCUT2D eigenvalue weighted by Gasteiger charge is 2.30. The lowest BCUT2D eigenvalue weighted by Gasteiger charge is -2.16. The lowest BCUT2D eigenvalue weighted by molar-refractivity contribution is 0.0993. The first-order chi connectivity index (χ1) is 9.78. The van der Waals surface area contributed by atoms with Crippen molar-refractivity contribution in [2.24, 2.45) is 5.73 Å². The number of likely N-dealkylation sites (N-methyl/N-ethyl adjacent to an activating group) is 1. The number of nitrogens with zero attached hydrogens (tertiary/aromatic N) is 1. The van der Waals surface area contributed by atoms with Crippen molar-refractivity contribution in [3.63, 3.8) is 0 Å². The van der Waals surface area contributed by atoms with Gasteiger partial charge in [-0.3, -0.25) is 4.79 Å². The molecule has 0 aliphatic carbocycles. The number of amides is 1. The first-order valence-electron chi connectivity index (χ1n) is 5.97. The molecule has 0 bridgehead atoms. The Morgan fingerprint density at radius 2 is 2.14 bits per heavy atom. The number of sulfonamides is 1. The van der Waals surface area contributed by atoms with Crippen molar-refractivity contribution < 1.29 is 18.3 Å². The number of carbonyl (C=O) groups excluding carboxylic acids is 1. The van der Waals surface area contributed by atoms with Crippen LogP contribution in [-0.2, 0) is 10.0 Å². The number of nitrogens with one attached hydrogen (secondary N) is 1. The van der Waals surface area contributed by atoms with Crippen molar-refractivity contribution in [2.75, 3.05) is 20.2 Å². The largest absolute Gasteiger partial charge is 0.395 e. The Morgan fingerprint density at radius 1 is 1.48 bits per heavy atom. The number of fused-ring (bicyclic) bond motifs is 1. The van der Waals surface area contributed by atoms with Crippen LogP contribution in [0.15, 0.2) is 23.1 Å². The number of H-pyrrole nitrogens is 1. The van der Waals surface area contributed by atoms with Gasteiger partial charge < -0.3 is 15.8 Å². The van der Waals surface area contributed by atoms with E-state index in [1.165, 1.54) is 13.1 Å². The van der Waals surface area contributed by atoms with Gasteiger partial charge in [-0.1, -0.05) is 11.6 Å². The van der Waals surface area contributed by atoms with E-state index in [9.17, 15) is 13.2 Å². The molecule has 0 atom stereocenters. The van der Waals surface area contributed by atoms with Gasteiger partial charge in [-0.15, -0.1) is 0 Å². The second-order valence-electron chi connectivity index (χ2n) is 4.43. The molecule has 0 fully saturated rings. The topological polar surface area (TPSA) is 116 Å². The van der Waals surface area contributed by atoms with Crippen LogP contribution in [0, 0.1) is 0 Å². The second-order valence-corrected chi connectivity index (χ2v) is 6.85. The summed E-state index contributed by atoms with van der Waals surface area (Å²) >= 11 is 5.89. The smallest absolute Gasteiger partial charge is 0.266 e. The van der Waals surface area contributed by atoms with Crippen LogP contribution in [0.1, 0.15) is 10.5 Å². The zero-order valence-corrected chi connectivity index (χ0v) is 12.7. The molecule has 2 rings (SSSR count). The number of rotatable bonds is 5. The zero-order valence-electron chi connectivity index (χ0n) is 11.1. The van der Waals surface area contributed by atoms with E-state index in [-0.39, 0.29) is 29.1 Å². The Morgan fingerprint density at radius 3 is 2.71 bits per heavy atom. The van der Waals surface area contributed by atoms with E-state index in [0.29, 0.717) is 10.5 Å². The number of nitrogens with two attached hydrogens (primary N) is 1. The van der Waals surface area contributed by atoms with Gasteiger partial charge in [-0.05, 0) is 18.2 Å². The summed E-state index contributed by atoms with van der Waals surface area (Å²) in [6.45, 7) is -0.446. The number of aromatic nitrogens is 1. The average molecular weight is 332 g/mol. The van der Waals surface area contributed by atoms with Gasteiger partial charge in [-0.2, -0.15) is 4.31 Å². The summed E-state index contributed by atoms with van der Waals surface area (Å²) in [6.07, 6.45) is 0. The molecule has 0 saturated heterocycles. The molecular weight excluding hydrogens is 318 g/mol. The quantitative estimate of drug-likeness (QED) is 0.741. The molecule has 2 aromatic rings. The van der Waals surface area contributed by atoms with Crippen LogP contribution in [0.2, 0.25) is 5.02 Å². The van der Waals surface area contributed by atoms with E-state index in [1.807, 2.05) is 0 Å². The fourth-order valence-corrected chi connectivity index (χ4v) is 3.66. The zero-order chi connectivity index (χ0) is 15.8. The molecule has 4 N–H and O–H groups in total. The van der Waals surface area contributed by atoms with Crippen LogP contribution < -0.4 is 5.73 Å². The summed E-state index contributed by atoms with van der Waals surface area (Å²) in [5.41, 5.74) is 5.48. The predicted octanol–water partition coefficient (Wildman–Crippen LogP) is 0.533. The molecule has 7 nitrogen and oxygen atoms in total. The molecule has 1 aromatic heterocycles. The lowest BCUT2D eigenvalue weighted by Crippen LogP contribution is -2.31. The summed E-state index contributed by atoms with van der Waals surface area (Å²) in [5.74, 6) is -0.890. The number of carbonyl (C=O) groups is 1. The van der Waals surface area contributed by atoms with Crippen molar-refractivity contribution in [2.45, 2.75) is 4.90 Å². The fraction of sp³-hybridized carbons (Fsp3) is 0.250. The Bertz CT molecular complexity index is 800. The van der Waals surface area contributed by atoms with Crippen LogP contribution in [0.25, 0.3) is 10.9 Å². The summed E-state index contributed by atoms with van der Waals surface area (Å²) < 4.78 is 26.1. The molecule has 0 saturated carbocycles. The SMILES string of the molecule is CN(CCO)S(=O)(=O)c1c(C(N)=O)[nH]c2ccc(Cl)cc12. The van der Waals surface area contributed by atoms with Crippen molar-refractivity contribution in [3.8, 4) is 0 Å². The minimum Gasteiger partial charge on any atom is -0.395 e. The van der Waals surface area contributed by atoms with E-state index in [1.54, 1.807) is 12.1 Å². The number of aromatic amines is 1. The first kappa shape index (κ1) is 15.8. The average Bonchev–Trinajstić information content (AvgIpc) is 2.78. The maximum absolute atomic E-state index is 12.6. The van der Waals surface area contributed by atoms with Gasteiger partial charge in [0.25, 0.3) is 5.91 Å². The van der Waals surface area contributed by atoms with Gasteiger partial charge in [-0.25, -0.2) is 8.42 Å². The van der Waals surface area contributed by atoms with Gasteiger partial charge in [0.2, 0.25) is 10.0 Å². The normalized spacial score (nSPS) is 12.2. The molecule has 1 aromatic carbocycles. The Kier molecular flexibility index (Phi) is 4.24. The van der Waals surface area contributed by atoms with Gasteiger partial charge in [0.1, 0.15) is 10.6 Å². The van der Waals surface area contributed by atoms with Crippen molar-refractivity contribution in [3.05, 3.63) is 28.9 Å². The van der Waals surface area contributed by atoms with E-state index in [4.69, 9.17) is 22.4 Å².